The molecule has 0 bridgehead atoms. The molecule has 1 aromatic rings. The lowest BCUT2D eigenvalue weighted by molar-refractivity contribution is -0.124. The van der Waals surface area contributed by atoms with Crippen LogP contribution in [0.5, 0.6) is 0 Å². The number of nitrogens with one attached hydrogen (secondary N) is 1. The van der Waals surface area contributed by atoms with Gasteiger partial charge in [0.1, 0.15) is 4.90 Å². The number of carbonyl (C=O) groups excluding carboxylic acids is 1. The van der Waals surface area contributed by atoms with Gasteiger partial charge in [-0.1, -0.05) is 0 Å². The minimum Gasteiger partial charge on any atom is -0.375 e. The molecule has 2 aliphatic heterocycles. The second kappa shape index (κ2) is 8.08. The van der Waals surface area contributed by atoms with Crippen molar-refractivity contribution in [2.45, 2.75) is 55.4 Å². The van der Waals surface area contributed by atoms with Crippen molar-refractivity contribution in [3.63, 3.8) is 0 Å². The van der Waals surface area contributed by atoms with Crippen molar-refractivity contribution in [3.8, 4) is 0 Å². The Labute approximate surface area is 166 Å². The van der Waals surface area contributed by atoms with Gasteiger partial charge in [0.25, 0.3) is 0 Å². The maximum atomic E-state index is 12.8. The summed E-state index contributed by atoms with van der Waals surface area (Å²) in [5.41, 5.74) is -0.218. The van der Waals surface area contributed by atoms with Crippen LogP contribution >= 0.6 is 0 Å². The van der Waals surface area contributed by atoms with Crippen LogP contribution in [-0.2, 0) is 19.6 Å². The minimum atomic E-state index is -3.49. The summed E-state index contributed by atoms with van der Waals surface area (Å²) in [5, 5.41) is 3.06. The number of carbonyl (C=O) groups is 1. The third-order valence-corrected chi connectivity index (χ3v) is 8.18. The average molecular weight is 408 g/mol. The van der Waals surface area contributed by atoms with E-state index in [2.05, 4.69) is 10.3 Å². The molecule has 4 rings (SSSR count). The Morgan fingerprint density at radius 1 is 1.29 bits per heavy atom. The molecule has 1 saturated carbocycles. The van der Waals surface area contributed by atoms with Crippen LogP contribution in [0.3, 0.4) is 0 Å². The number of sulfonamides is 1. The molecule has 0 radical (unpaired) electrons. The van der Waals surface area contributed by atoms with Crippen molar-refractivity contribution in [2.24, 2.45) is 11.8 Å². The SMILES string of the molecule is O=C(NCCC1CCOC2(CCN(S(=O)(=O)c3cccnc3)CC2)C1)C1CC1. The number of aromatic nitrogens is 1. The highest BCUT2D eigenvalue weighted by molar-refractivity contribution is 7.89. The van der Waals surface area contributed by atoms with Gasteiger partial charge in [-0.2, -0.15) is 4.31 Å². The van der Waals surface area contributed by atoms with E-state index in [0.29, 0.717) is 19.0 Å². The zero-order valence-electron chi connectivity index (χ0n) is 16.2. The van der Waals surface area contributed by atoms with E-state index in [9.17, 15) is 13.2 Å². The molecule has 1 aromatic heterocycles. The Morgan fingerprint density at radius 2 is 2.07 bits per heavy atom. The average Bonchev–Trinajstić information content (AvgIpc) is 3.55. The first-order chi connectivity index (χ1) is 13.5. The first-order valence-corrected chi connectivity index (χ1v) is 11.7. The number of amides is 1. The van der Waals surface area contributed by atoms with E-state index in [1.807, 2.05) is 0 Å². The van der Waals surface area contributed by atoms with E-state index in [1.54, 1.807) is 22.6 Å². The molecule has 7 nitrogen and oxygen atoms in total. The Balaban J connectivity index is 1.29. The summed E-state index contributed by atoms with van der Waals surface area (Å²) in [6, 6.07) is 3.24. The minimum absolute atomic E-state index is 0.204. The maximum Gasteiger partial charge on any atom is 0.244 e. The van der Waals surface area contributed by atoms with Gasteiger partial charge >= 0.3 is 0 Å². The highest BCUT2D eigenvalue weighted by atomic mass is 32.2. The third kappa shape index (κ3) is 4.39. The highest BCUT2D eigenvalue weighted by Gasteiger charge is 2.42. The predicted octanol–water partition coefficient (Wildman–Crippen LogP) is 1.95. The van der Waals surface area contributed by atoms with Gasteiger partial charge in [-0.15, -0.1) is 0 Å². The predicted molar refractivity (Wildman–Crippen MR) is 104 cm³/mol. The lowest BCUT2D eigenvalue weighted by atomic mass is 9.79. The van der Waals surface area contributed by atoms with E-state index in [0.717, 1.165) is 58.1 Å². The fourth-order valence-corrected chi connectivity index (χ4v) is 5.80. The summed E-state index contributed by atoms with van der Waals surface area (Å²) >= 11 is 0. The van der Waals surface area contributed by atoms with Gasteiger partial charge in [0.2, 0.25) is 15.9 Å². The molecule has 28 heavy (non-hydrogen) atoms. The molecular formula is C20H29N3O4S. The molecular weight excluding hydrogens is 378 g/mol. The van der Waals surface area contributed by atoms with Crippen LogP contribution in [0.15, 0.2) is 29.4 Å². The summed E-state index contributed by atoms with van der Waals surface area (Å²) in [7, 11) is -3.49. The monoisotopic (exact) mass is 407 g/mol. The van der Waals surface area contributed by atoms with Crippen molar-refractivity contribution in [1.29, 1.82) is 0 Å². The first kappa shape index (κ1) is 19.8. The molecule has 1 aliphatic carbocycles. The maximum absolute atomic E-state index is 12.8. The quantitative estimate of drug-likeness (QED) is 0.779. The van der Waals surface area contributed by atoms with Gasteiger partial charge in [-0.3, -0.25) is 9.78 Å². The van der Waals surface area contributed by atoms with Gasteiger partial charge in [0.15, 0.2) is 0 Å². The van der Waals surface area contributed by atoms with Crippen molar-refractivity contribution >= 4 is 15.9 Å². The molecule has 3 aliphatic rings. The summed E-state index contributed by atoms with van der Waals surface area (Å²) in [6.45, 7) is 2.40. The molecule has 2 saturated heterocycles. The Kier molecular flexibility index (Phi) is 5.71. The number of piperidine rings is 1. The van der Waals surface area contributed by atoms with Crippen LogP contribution in [-0.4, -0.2) is 55.5 Å². The fraction of sp³-hybridized carbons (Fsp3) is 0.700. The van der Waals surface area contributed by atoms with Gasteiger partial charge in [0, 0.05) is 44.6 Å². The van der Waals surface area contributed by atoms with Gasteiger partial charge in [-0.05, 0) is 63.0 Å². The van der Waals surface area contributed by atoms with Gasteiger partial charge < -0.3 is 10.1 Å². The summed E-state index contributed by atoms with van der Waals surface area (Å²) in [6.07, 6.45) is 9.42. The van der Waals surface area contributed by atoms with Gasteiger partial charge in [-0.25, -0.2) is 8.42 Å². The van der Waals surface area contributed by atoms with Crippen molar-refractivity contribution < 1.29 is 17.9 Å². The molecule has 1 amide bonds. The fourth-order valence-electron chi connectivity index (χ4n) is 4.40. The molecule has 1 spiro atoms. The highest BCUT2D eigenvalue weighted by Crippen LogP contribution is 2.39. The number of rotatable bonds is 6. The summed E-state index contributed by atoms with van der Waals surface area (Å²) in [4.78, 5) is 16.0. The first-order valence-electron chi connectivity index (χ1n) is 10.3. The smallest absolute Gasteiger partial charge is 0.244 e. The molecule has 8 heteroatoms. The number of ether oxygens (including phenoxy) is 1. The standard InChI is InChI=1S/C20H29N3O4S/c24-19(17-3-4-17)22-10-5-16-6-13-27-20(14-16)7-11-23(12-8-20)28(25,26)18-2-1-9-21-15-18/h1-2,9,15-17H,3-8,10-14H2,(H,22,24). The van der Waals surface area contributed by atoms with Gasteiger partial charge in [0.05, 0.1) is 5.60 Å². The van der Waals surface area contributed by atoms with Crippen LogP contribution in [0, 0.1) is 11.8 Å². The summed E-state index contributed by atoms with van der Waals surface area (Å²) in [5.74, 6) is 0.984. The molecule has 1 atom stereocenters. The normalized spacial score (nSPS) is 25.5. The van der Waals surface area contributed by atoms with E-state index >= 15 is 0 Å². The third-order valence-electron chi connectivity index (χ3n) is 6.30. The van der Waals surface area contributed by atoms with Crippen molar-refractivity contribution in [3.05, 3.63) is 24.5 Å². The number of hydrogen-bond acceptors (Lipinski definition) is 5. The lowest BCUT2D eigenvalue weighted by Gasteiger charge is -2.46. The van der Waals surface area contributed by atoms with Crippen molar-refractivity contribution in [1.82, 2.24) is 14.6 Å². The molecule has 0 aromatic carbocycles. The van der Waals surface area contributed by atoms with E-state index in [1.165, 1.54) is 6.20 Å². The van der Waals surface area contributed by atoms with E-state index in [4.69, 9.17) is 4.74 Å². The number of pyridine rings is 1. The topological polar surface area (TPSA) is 88.6 Å². The van der Waals surface area contributed by atoms with Crippen LogP contribution in [0.2, 0.25) is 0 Å². The van der Waals surface area contributed by atoms with Crippen LogP contribution in [0.1, 0.15) is 44.9 Å². The lowest BCUT2D eigenvalue weighted by Crippen LogP contribution is -2.50. The van der Waals surface area contributed by atoms with Crippen molar-refractivity contribution in [2.75, 3.05) is 26.2 Å². The van der Waals surface area contributed by atoms with E-state index in [-0.39, 0.29) is 22.3 Å². The Hall–Kier alpha value is -1.51. The summed E-state index contributed by atoms with van der Waals surface area (Å²) < 4.78 is 33.3. The molecule has 1 N–H and O–H groups in total. The zero-order chi connectivity index (χ0) is 19.6. The second-order valence-corrected chi connectivity index (χ2v) is 10.3. The Morgan fingerprint density at radius 3 is 2.75 bits per heavy atom. The number of nitrogens with zero attached hydrogens (tertiary/aromatic N) is 2. The Bertz CT molecular complexity index is 787. The van der Waals surface area contributed by atoms with E-state index < -0.39 is 10.0 Å². The molecule has 3 fully saturated rings. The molecule has 1 unspecified atom stereocenters. The molecule has 3 heterocycles. The van der Waals surface area contributed by atoms with Crippen LogP contribution in [0.4, 0.5) is 0 Å². The largest absolute Gasteiger partial charge is 0.375 e. The van der Waals surface area contributed by atoms with Crippen LogP contribution in [0.25, 0.3) is 0 Å². The van der Waals surface area contributed by atoms with Crippen LogP contribution < -0.4 is 5.32 Å². The molecule has 154 valence electrons. The number of hydrogen-bond donors (Lipinski definition) is 1. The zero-order valence-corrected chi connectivity index (χ0v) is 17.0. The second-order valence-electron chi connectivity index (χ2n) is 8.34.